The van der Waals surface area contributed by atoms with E-state index in [1.165, 1.54) is 12.0 Å². The monoisotopic (exact) mass is 264 g/mol. The van der Waals surface area contributed by atoms with Gasteiger partial charge in [-0.1, -0.05) is 0 Å². The van der Waals surface area contributed by atoms with Gasteiger partial charge in [-0.05, 0) is 0 Å². The van der Waals surface area contributed by atoms with Crippen LogP contribution in [0.1, 0.15) is 6.42 Å². The number of likely N-dealkylation sites (tertiary alicyclic amines) is 1. The molecule has 0 aliphatic carbocycles. The first-order valence-electron chi connectivity index (χ1n) is 6.11. The van der Waals surface area contributed by atoms with Crippen LogP contribution in [0.3, 0.4) is 0 Å². The van der Waals surface area contributed by atoms with Gasteiger partial charge in [-0.25, -0.2) is 0 Å². The van der Waals surface area contributed by atoms with E-state index < -0.39 is 5.97 Å². The summed E-state index contributed by atoms with van der Waals surface area (Å²) in [4.78, 5) is 26.6. The number of carbonyl (C=O) groups excluding carboxylic acids is 1. The number of carboxylic acids is 1. The van der Waals surface area contributed by atoms with Crippen molar-refractivity contribution in [3.8, 4) is 0 Å². The van der Waals surface area contributed by atoms with Crippen LogP contribution in [0, 0.1) is 5.92 Å². The molecule has 19 heavy (non-hydrogen) atoms. The Morgan fingerprint density at radius 3 is 2.89 bits per heavy atom. The predicted molar refractivity (Wildman–Crippen MR) is 62.2 cm³/mol. The molecule has 0 bridgehead atoms. The average Bonchev–Trinajstić information content (AvgIpc) is 2.71. The molecule has 3 unspecified atom stereocenters. The third-order valence-electron chi connectivity index (χ3n) is 4.17. The molecule has 3 heterocycles. The van der Waals surface area contributed by atoms with E-state index in [4.69, 9.17) is 4.74 Å². The Balaban J connectivity index is 1.96. The van der Waals surface area contributed by atoms with Crippen molar-refractivity contribution in [2.45, 2.75) is 18.5 Å². The Morgan fingerprint density at radius 2 is 2.32 bits per heavy atom. The van der Waals surface area contributed by atoms with Crippen molar-refractivity contribution in [2.24, 2.45) is 5.92 Å². The van der Waals surface area contributed by atoms with Crippen molar-refractivity contribution in [1.29, 1.82) is 0 Å². The van der Waals surface area contributed by atoms with E-state index in [0.717, 1.165) is 7.15 Å². The third kappa shape index (κ3) is 1.49. The topological polar surface area (TPSA) is 87.2 Å². The van der Waals surface area contributed by atoms with Gasteiger partial charge in [0.25, 0.3) is 0 Å². The number of amides is 1. The van der Waals surface area contributed by atoms with Crippen LogP contribution in [-0.2, 0) is 19.0 Å². The van der Waals surface area contributed by atoms with Crippen LogP contribution in [0.25, 0.3) is 0 Å². The van der Waals surface area contributed by atoms with E-state index in [2.05, 4.69) is 0 Å². The molecular weight excluding hydrogens is 251 g/mol. The maximum absolute atomic E-state index is 12.1. The van der Waals surface area contributed by atoms with Gasteiger partial charge in [-0.3, -0.25) is 0 Å². The molecule has 100 valence electrons. The van der Waals surface area contributed by atoms with Gasteiger partial charge in [0.05, 0.1) is 0 Å². The number of carboxylic acid groups (broad SMARTS) is 1. The number of allylic oxidation sites excluding steroid dienone is 1. The molecule has 8 heteroatoms. The Morgan fingerprint density at radius 1 is 1.58 bits per heavy atom. The van der Waals surface area contributed by atoms with Crippen molar-refractivity contribution < 1.29 is 24.1 Å². The van der Waals surface area contributed by atoms with E-state index in [0.29, 0.717) is 18.7 Å². The molecule has 0 aromatic rings. The predicted octanol–water partition coefficient (Wildman–Crippen LogP) is -1.15. The zero-order valence-corrected chi connectivity index (χ0v) is 10.4. The molecule has 0 saturated carbocycles. The van der Waals surface area contributed by atoms with Gasteiger partial charge in [0.15, 0.2) is 0 Å². The number of hydrogen-bond donors (Lipinski definition) is 1. The zero-order chi connectivity index (χ0) is 13.7. The van der Waals surface area contributed by atoms with E-state index in [1.807, 2.05) is 4.90 Å². The molecule has 3 atom stereocenters. The summed E-state index contributed by atoms with van der Waals surface area (Å²) in [5.74, 6) is -0.911. The van der Waals surface area contributed by atoms with Crippen LogP contribution in [0.15, 0.2) is 11.5 Å². The van der Waals surface area contributed by atoms with Crippen molar-refractivity contribution in [3.05, 3.63) is 11.5 Å². The number of carbonyl (C=O) groups is 2. The first-order valence-corrected chi connectivity index (χ1v) is 6.11. The van der Waals surface area contributed by atoms with Crippen molar-refractivity contribution in [2.75, 3.05) is 20.1 Å². The van der Waals surface area contributed by atoms with Crippen molar-refractivity contribution >= 4 is 19.0 Å². The first-order chi connectivity index (χ1) is 9.10. The third-order valence-corrected chi connectivity index (χ3v) is 4.17. The van der Waals surface area contributed by atoms with Crippen LogP contribution in [0.2, 0.25) is 0 Å². The summed E-state index contributed by atoms with van der Waals surface area (Å²) in [5, 5.41) is 9.24. The number of hydrogen-bond acceptors (Lipinski definition) is 5. The summed E-state index contributed by atoms with van der Waals surface area (Å²) in [6, 6.07) is -0.472. The second kappa shape index (κ2) is 4.16. The van der Waals surface area contributed by atoms with Crippen molar-refractivity contribution in [1.82, 2.24) is 9.80 Å². The average molecular weight is 264 g/mol. The zero-order valence-electron chi connectivity index (χ0n) is 10.4. The minimum absolute atomic E-state index is 0.0436. The van der Waals surface area contributed by atoms with Gasteiger partial charge in [0.1, 0.15) is 0 Å². The Bertz CT molecular complexity index is 505. The molecule has 1 amide bonds. The van der Waals surface area contributed by atoms with Crippen LogP contribution < -0.4 is 0 Å². The normalized spacial score (nSPS) is 32.8. The van der Waals surface area contributed by atoms with Gasteiger partial charge < -0.3 is 0 Å². The second-order valence-corrected chi connectivity index (χ2v) is 5.01. The summed E-state index contributed by atoms with van der Waals surface area (Å²) in [7, 11) is 2.19. The number of nitrogens with zero attached hydrogens (tertiary/aromatic N) is 2. The molecule has 3 aliphatic heterocycles. The maximum atomic E-state index is 12.1. The molecule has 1 N–H and O–H groups in total. The Labute approximate surface area is 110 Å². The second-order valence-electron chi connectivity index (χ2n) is 5.01. The molecule has 3 aliphatic rings. The summed E-state index contributed by atoms with van der Waals surface area (Å²) in [6.07, 6.45) is 0.709. The molecule has 0 aromatic heterocycles. The van der Waals surface area contributed by atoms with Crippen LogP contribution >= 0.6 is 0 Å². The standard InChI is InChI=1S/C11H13BN2O5/c1-19-6-2-5-3-13(4-12-18)9-7(5)14(10(9)15)8(6)11(16)17/h5,7,9H,2-4H2,1H3,(H,16,17). The summed E-state index contributed by atoms with van der Waals surface area (Å²) in [5.41, 5.74) is -0.0436. The van der Waals surface area contributed by atoms with E-state index >= 15 is 0 Å². The quantitative estimate of drug-likeness (QED) is 0.509. The van der Waals surface area contributed by atoms with E-state index in [1.54, 1.807) is 0 Å². The fourth-order valence-corrected chi connectivity index (χ4v) is 3.46. The van der Waals surface area contributed by atoms with Gasteiger partial charge in [0, 0.05) is 0 Å². The molecule has 0 aromatic carbocycles. The number of β-lactam (4-membered cyclic amide) rings is 1. The SMILES string of the molecule is COC1=C(C(=O)O)N2C(=O)C3C2C(C1)CN3CB=O. The number of methoxy groups -OCH3 is 1. The molecule has 2 saturated heterocycles. The van der Waals surface area contributed by atoms with Crippen molar-refractivity contribution in [3.63, 3.8) is 0 Å². The van der Waals surface area contributed by atoms with Gasteiger partial charge in [-0.15, -0.1) is 0 Å². The van der Waals surface area contributed by atoms with E-state index in [-0.39, 0.29) is 36.0 Å². The Kier molecular flexibility index (Phi) is 2.70. The first kappa shape index (κ1) is 12.3. The van der Waals surface area contributed by atoms with Gasteiger partial charge in [0.2, 0.25) is 0 Å². The fraction of sp³-hybridized carbons (Fsp3) is 0.636. The number of aliphatic carboxylic acids is 1. The van der Waals surface area contributed by atoms with E-state index in [9.17, 15) is 19.4 Å². The summed E-state index contributed by atoms with van der Waals surface area (Å²) >= 11 is 0. The number of ether oxygens (including phenoxy) is 1. The van der Waals surface area contributed by atoms with Crippen LogP contribution in [0.5, 0.6) is 0 Å². The molecule has 0 spiro atoms. The molecule has 7 nitrogen and oxygen atoms in total. The summed E-state index contributed by atoms with van der Waals surface area (Å²) < 4.78 is 15.8. The molecule has 2 fully saturated rings. The van der Waals surface area contributed by atoms with Crippen LogP contribution in [-0.4, -0.2) is 66.1 Å². The molecule has 3 rings (SSSR count). The molecule has 0 radical (unpaired) electrons. The molecular formula is C11H13BN2O5. The van der Waals surface area contributed by atoms with Gasteiger partial charge >= 0.3 is 109 Å². The van der Waals surface area contributed by atoms with Crippen LogP contribution in [0.4, 0.5) is 0 Å². The summed E-state index contributed by atoms with van der Waals surface area (Å²) in [6.45, 7) is 0.621. The fourth-order valence-electron chi connectivity index (χ4n) is 3.46. The Hall–Kier alpha value is -1.70. The minimum atomic E-state index is -1.14. The number of rotatable bonds is 4. The van der Waals surface area contributed by atoms with Gasteiger partial charge in [-0.2, -0.15) is 0 Å².